The molecular weight excluding hydrogens is 330 g/mol. The number of hydrogen-bond donors (Lipinski definition) is 1. The van der Waals surface area contributed by atoms with E-state index in [1.54, 1.807) is 0 Å². The summed E-state index contributed by atoms with van der Waals surface area (Å²) in [6.07, 6.45) is 4.19. The van der Waals surface area contributed by atoms with E-state index in [1.807, 2.05) is 6.20 Å². The molecule has 1 fully saturated rings. The van der Waals surface area contributed by atoms with Crippen LogP contribution in [-0.2, 0) is 11.3 Å². The third-order valence-electron chi connectivity index (χ3n) is 3.84. The average Bonchev–Trinajstić information content (AvgIpc) is 2.46. The summed E-state index contributed by atoms with van der Waals surface area (Å²) < 4.78 is 6.47. The average molecular weight is 356 g/mol. The second-order valence-electron chi connectivity index (χ2n) is 6.11. The van der Waals surface area contributed by atoms with Crippen molar-refractivity contribution in [2.45, 2.75) is 39.3 Å². The normalized spacial score (nSPS) is 16.4. The van der Waals surface area contributed by atoms with Gasteiger partial charge in [-0.15, -0.1) is 0 Å². The lowest BCUT2D eigenvalue weighted by atomic mass is 10.00. The van der Waals surface area contributed by atoms with Crippen LogP contribution >= 0.6 is 15.9 Å². The molecule has 5 heteroatoms. The Bertz CT molecular complexity index is 447. The maximum absolute atomic E-state index is 5.44. The fourth-order valence-electron chi connectivity index (χ4n) is 2.66. The van der Waals surface area contributed by atoms with E-state index in [4.69, 9.17) is 4.74 Å². The summed E-state index contributed by atoms with van der Waals surface area (Å²) in [5.41, 5.74) is 1.24. The van der Waals surface area contributed by atoms with Gasteiger partial charge < -0.3 is 15.0 Å². The van der Waals surface area contributed by atoms with Crippen LogP contribution < -0.4 is 10.2 Å². The monoisotopic (exact) mass is 355 g/mol. The zero-order valence-corrected chi connectivity index (χ0v) is 14.8. The quantitative estimate of drug-likeness (QED) is 0.849. The molecule has 0 spiro atoms. The molecule has 0 bridgehead atoms. The van der Waals surface area contributed by atoms with E-state index in [2.05, 4.69) is 58.1 Å². The van der Waals surface area contributed by atoms with E-state index < -0.39 is 0 Å². The predicted molar refractivity (Wildman–Crippen MR) is 90.7 cm³/mol. The number of pyridine rings is 1. The first-order valence-corrected chi connectivity index (χ1v) is 8.52. The fourth-order valence-corrected chi connectivity index (χ4v) is 3.04. The zero-order chi connectivity index (χ0) is 15.2. The third-order valence-corrected chi connectivity index (χ3v) is 4.28. The maximum atomic E-state index is 5.44. The van der Waals surface area contributed by atoms with Gasteiger partial charge in [0.25, 0.3) is 0 Å². The number of nitrogens with one attached hydrogen (secondary N) is 1. The lowest BCUT2D eigenvalue weighted by Crippen LogP contribution is -2.31. The second-order valence-corrected chi connectivity index (χ2v) is 7.02. The summed E-state index contributed by atoms with van der Waals surface area (Å²) in [7, 11) is 2.14. The SMILES string of the molecule is CC(C)NCc1cc(Br)cnc1N(C)CC1CCOCC1. The van der Waals surface area contributed by atoms with Crippen LogP contribution in [0.1, 0.15) is 32.3 Å². The highest BCUT2D eigenvalue weighted by atomic mass is 79.9. The first-order chi connectivity index (χ1) is 10.1. The van der Waals surface area contributed by atoms with Crippen LogP contribution in [0, 0.1) is 5.92 Å². The molecule has 0 amide bonds. The number of nitrogens with zero attached hydrogens (tertiary/aromatic N) is 2. The first-order valence-electron chi connectivity index (χ1n) is 7.73. The molecule has 0 unspecified atom stereocenters. The Morgan fingerprint density at radius 2 is 2.14 bits per heavy atom. The van der Waals surface area contributed by atoms with Crippen molar-refractivity contribution in [1.82, 2.24) is 10.3 Å². The summed E-state index contributed by atoms with van der Waals surface area (Å²) in [5, 5.41) is 3.48. The summed E-state index contributed by atoms with van der Waals surface area (Å²) >= 11 is 3.53. The Morgan fingerprint density at radius 3 is 2.81 bits per heavy atom. The van der Waals surface area contributed by atoms with Crippen molar-refractivity contribution in [2.75, 3.05) is 31.7 Å². The molecule has 1 aliphatic rings. The maximum Gasteiger partial charge on any atom is 0.132 e. The molecule has 21 heavy (non-hydrogen) atoms. The number of ether oxygens (including phenoxy) is 1. The minimum absolute atomic E-state index is 0.470. The molecule has 1 aromatic rings. The van der Waals surface area contributed by atoms with Crippen LogP contribution in [0.25, 0.3) is 0 Å². The summed E-state index contributed by atoms with van der Waals surface area (Å²) in [6.45, 7) is 8.01. The molecule has 1 saturated heterocycles. The van der Waals surface area contributed by atoms with Crippen LogP contribution in [0.2, 0.25) is 0 Å². The van der Waals surface area contributed by atoms with Gasteiger partial charge >= 0.3 is 0 Å². The van der Waals surface area contributed by atoms with E-state index in [1.165, 1.54) is 5.56 Å². The smallest absolute Gasteiger partial charge is 0.132 e. The van der Waals surface area contributed by atoms with Gasteiger partial charge in [0.2, 0.25) is 0 Å². The van der Waals surface area contributed by atoms with Gasteiger partial charge in [-0.1, -0.05) is 13.8 Å². The molecule has 0 radical (unpaired) electrons. The molecule has 1 aromatic heterocycles. The van der Waals surface area contributed by atoms with Crippen molar-refractivity contribution < 1.29 is 4.74 Å². The molecular formula is C16H26BrN3O. The minimum atomic E-state index is 0.470. The Morgan fingerprint density at radius 1 is 1.43 bits per heavy atom. The van der Waals surface area contributed by atoms with Gasteiger partial charge in [-0.2, -0.15) is 0 Å². The fraction of sp³-hybridized carbons (Fsp3) is 0.688. The molecule has 2 heterocycles. The number of halogens is 1. The van der Waals surface area contributed by atoms with Gasteiger partial charge in [-0.3, -0.25) is 0 Å². The lowest BCUT2D eigenvalue weighted by Gasteiger charge is -2.29. The Labute approximate surface area is 136 Å². The molecule has 4 nitrogen and oxygen atoms in total. The van der Waals surface area contributed by atoms with Crippen molar-refractivity contribution >= 4 is 21.7 Å². The number of rotatable bonds is 6. The molecule has 1 aliphatic heterocycles. The van der Waals surface area contributed by atoms with Crippen LogP contribution in [0.4, 0.5) is 5.82 Å². The van der Waals surface area contributed by atoms with E-state index in [9.17, 15) is 0 Å². The summed E-state index contributed by atoms with van der Waals surface area (Å²) in [5.74, 6) is 1.79. The highest BCUT2D eigenvalue weighted by molar-refractivity contribution is 9.10. The molecule has 0 saturated carbocycles. The van der Waals surface area contributed by atoms with Gasteiger partial charge in [-0.05, 0) is 40.8 Å². The van der Waals surface area contributed by atoms with Crippen molar-refractivity contribution in [2.24, 2.45) is 5.92 Å². The topological polar surface area (TPSA) is 37.4 Å². The van der Waals surface area contributed by atoms with Gasteiger partial charge in [0, 0.05) is 55.6 Å². The predicted octanol–water partition coefficient (Wildman–Crippen LogP) is 3.20. The Balaban J connectivity index is 2.05. The number of anilines is 1. The van der Waals surface area contributed by atoms with E-state index in [-0.39, 0.29) is 0 Å². The number of aromatic nitrogens is 1. The van der Waals surface area contributed by atoms with Crippen molar-refractivity contribution in [1.29, 1.82) is 0 Å². The second kappa shape index (κ2) is 8.11. The molecule has 0 aromatic carbocycles. The van der Waals surface area contributed by atoms with Gasteiger partial charge in [-0.25, -0.2) is 4.98 Å². The van der Waals surface area contributed by atoms with Gasteiger partial charge in [0.05, 0.1) is 0 Å². The molecule has 0 aliphatic carbocycles. The van der Waals surface area contributed by atoms with Crippen LogP contribution in [0.5, 0.6) is 0 Å². The highest BCUT2D eigenvalue weighted by Gasteiger charge is 2.18. The van der Waals surface area contributed by atoms with Crippen molar-refractivity contribution in [3.05, 3.63) is 22.3 Å². The van der Waals surface area contributed by atoms with Gasteiger partial charge in [0.1, 0.15) is 5.82 Å². The lowest BCUT2D eigenvalue weighted by molar-refractivity contribution is 0.0685. The summed E-state index contributed by atoms with van der Waals surface area (Å²) in [4.78, 5) is 6.92. The number of hydrogen-bond acceptors (Lipinski definition) is 4. The largest absolute Gasteiger partial charge is 0.381 e. The third kappa shape index (κ3) is 5.24. The van der Waals surface area contributed by atoms with Crippen molar-refractivity contribution in [3.8, 4) is 0 Å². The van der Waals surface area contributed by atoms with E-state index in [0.717, 1.165) is 49.4 Å². The summed E-state index contributed by atoms with van der Waals surface area (Å²) in [6, 6.07) is 2.63. The van der Waals surface area contributed by atoms with E-state index >= 15 is 0 Å². The van der Waals surface area contributed by atoms with E-state index in [0.29, 0.717) is 12.0 Å². The van der Waals surface area contributed by atoms with Crippen LogP contribution in [-0.4, -0.2) is 37.8 Å². The van der Waals surface area contributed by atoms with Crippen LogP contribution in [0.3, 0.4) is 0 Å². The van der Waals surface area contributed by atoms with Crippen LogP contribution in [0.15, 0.2) is 16.7 Å². The zero-order valence-electron chi connectivity index (χ0n) is 13.2. The molecule has 2 rings (SSSR count). The van der Waals surface area contributed by atoms with Gasteiger partial charge in [0.15, 0.2) is 0 Å². The van der Waals surface area contributed by atoms with Crippen molar-refractivity contribution in [3.63, 3.8) is 0 Å². The molecule has 1 N–H and O–H groups in total. The Kier molecular flexibility index (Phi) is 6.45. The highest BCUT2D eigenvalue weighted by Crippen LogP contribution is 2.24. The Hall–Kier alpha value is -0.650. The minimum Gasteiger partial charge on any atom is -0.381 e. The molecule has 118 valence electrons. The molecule has 0 atom stereocenters. The first kappa shape index (κ1) is 16.7. The standard InChI is InChI=1S/C16H26BrN3O/c1-12(2)18-9-14-8-15(17)10-19-16(14)20(3)11-13-4-6-21-7-5-13/h8,10,12-13,18H,4-7,9,11H2,1-3H3.